The summed E-state index contributed by atoms with van der Waals surface area (Å²) in [6.45, 7) is 0. The normalized spacial score (nSPS) is 12.9. The molecule has 1 atom stereocenters. The van der Waals surface area contributed by atoms with Gasteiger partial charge in [0.25, 0.3) is 0 Å². The van der Waals surface area contributed by atoms with Crippen LogP contribution in [0.1, 0.15) is 16.8 Å². The molecule has 0 aliphatic rings. The number of carboxylic acid groups (broad SMARTS) is 1. The van der Waals surface area contributed by atoms with Crippen LogP contribution in [-0.2, 0) is 14.6 Å². The third kappa shape index (κ3) is 5.52. The molecular formula is C12H13BrO5S. The van der Waals surface area contributed by atoms with E-state index in [9.17, 15) is 18.0 Å². The molecule has 0 saturated heterocycles. The average molecular weight is 349 g/mol. The van der Waals surface area contributed by atoms with E-state index in [0.717, 1.165) is 10.7 Å². The molecule has 0 heterocycles. The molecule has 0 spiro atoms. The zero-order valence-electron chi connectivity index (χ0n) is 10.2. The fourth-order valence-electron chi connectivity index (χ4n) is 1.56. The van der Waals surface area contributed by atoms with Gasteiger partial charge in [0.05, 0.1) is 11.7 Å². The molecule has 1 rings (SSSR count). The first-order chi connectivity index (χ1) is 8.69. The summed E-state index contributed by atoms with van der Waals surface area (Å²) in [5, 5.41) is 8.95. The van der Waals surface area contributed by atoms with E-state index in [1.807, 2.05) is 0 Å². The maximum atomic E-state index is 11.9. The molecule has 0 radical (unpaired) electrons. The monoisotopic (exact) mass is 348 g/mol. The Hall–Kier alpha value is -1.21. The number of sulfone groups is 1. The van der Waals surface area contributed by atoms with E-state index in [0.29, 0.717) is 5.56 Å². The van der Waals surface area contributed by atoms with Gasteiger partial charge in [-0.3, -0.25) is 9.59 Å². The zero-order chi connectivity index (χ0) is 14.6. The molecule has 19 heavy (non-hydrogen) atoms. The van der Waals surface area contributed by atoms with Gasteiger partial charge in [0.2, 0.25) is 0 Å². The molecule has 1 unspecified atom stereocenters. The fraction of sp³-hybridized carbons (Fsp3) is 0.333. The Kier molecular flexibility index (Phi) is 5.25. The largest absolute Gasteiger partial charge is 0.481 e. The van der Waals surface area contributed by atoms with Crippen molar-refractivity contribution in [2.45, 2.75) is 6.42 Å². The van der Waals surface area contributed by atoms with Crippen LogP contribution >= 0.6 is 15.9 Å². The third-order valence-corrected chi connectivity index (χ3v) is 3.99. The van der Waals surface area contributed by atoms with Gasteiger partial charge in [0, 0.05) is 22.7 Å². The lowest BCUT2D eigenvalue weighted by atomic mass is 10.00. The van der Waals surface area contributed by atoms with Crippen LogP contribution in [-0.4, -0.2) is 37.3 Å². The van der Waals surface area contributed by atoms with Gasteiger partial charge in [0.1, 0.15) is 9.84 Å². The van der Waals surface area contributed by atoms with Crippen LogP contribution in [0.3, 0.4) is 0 Å². The number of hydrogen-bond donors (Lipinski definition) is 1. The van der Waals surface area contributed by atoms with Gasteiger partial charge in [-0.05, 0) is 12.1 Å². The molecule has 0 bridgehead atoms. The number of hydrogen-bond acceptors (Lipinski definition) is 4. The van der Waals surface area contributed by atoms with Crippen LogP contribution in [0.25, 0.3) is 0 Å². The second-order valence-corrected chi connectivity index (χ2v) is 7.36. The summed E-state index contributed by atoms with van der Waals surface area (Å²) in [6, 6.07) is 6.46. The molecule has 7 heteroatoms. The third-order valence-electron chi connectivity index (χ3n) is 2.45. The Labute approximate surface area is 119 Å². The molecule has 0 saturated carbocycles. The van der Waals surface area contributed by atoms with Crippen LogP contribution in [0, 0.1) is 5.92 Å². The molecule has 5 nitrogen and oxygen atoms in total. The number of ketones is 1. The minimum absolute atomic E-state index is 0.329. The van der Waals surface area contributed by atoms with Crippen molar-refractivity contribution >= 4 is 37.5 Å². The van der Waals surface area contributed by atoms with E-state index in [4.69, 9.17) is 5.11 Å². The lowest BCUT2D eigenvalue weighted by molar-refractivity contribution is -0.140. The van der Waals surface area contributed by atoms with E-state index >= 15 is 0 Å². The summed E-state index contributed by atoms with van der Waals surface area (Å²) in [5.41, 5.74) is 0.364. The highest BCUT2D eigenvalue weighted by molar-refractivity contribution is 9.10. The Morgan fingerprint density at radius 1 is 1.26 bits per heavy atom. The van der Waals surface area contributed by atoms with Gasteiger partial charge in [-0.15, -0.1) is 0 Å². The van der Waals surface area contributed by atoms with Crippen molar-refractivity contribution in [3.05, 3.63) is 34.3 Å². The minimum atomic E-state index is -3.44. The first kappa shape index (κ1) is 15.8. The zero-order valence-corrected chi connectivity index (χ0v) is 12.6. The predicted octanol–water partition coefficient (Wildman–Crippen LogP) is 1.77. The Balaban J connectivity index is 2.82. The van der Waals surface area contributed by atoms with E-state index in [1.54, 1.807) is 24.3 Å². The van der Waals surface area contributed by atoms with Gasteiger partial charge in [-0.25, -0.2) is 8.42 Å². The molecule has 0 aliphatic carbocycles. The quantitative estimate of drug-likeness (QED) is 0.791. The van der Waals surface area contributed by atoms with Crippen molar-refractivity contribution in [2.75, 3.05) is 12.0 Å². The molecule has 0 fully saturated rings. The number of Topliss-reactive ketones (excluding diaryl/α,β-unsaturated/α-hetero) is 1. The smallest absolute Gasteiger partial charge is 0.307 e. The van der Waals surface area contributed by atoms with Crippen molar-refractivity contribution in [2.24, 2.45) is 5.92 Å². The first-order valence-corrected chi connectivity index (χ1v) is 8.23. The average Bonchev–Trinajstić information content (AvgIpc) is 2.27. The Morgan fingerprint density at radius 3 is 2.21 bits per heavy atom. The molecular weight excluding hydrogens is 336 g/mol. The Morgan fingerprint density at radius 2 is 1.79 bits per heavy atom. The number of aliphatic carboxylic acids is 1. The highest BCUT2D eigenvalue weighted by Gasteiger charge is 2.25. The maximum absolute atomic E-state index is 11.9. The summed E-state index contributed by atoms with van der Waals surface area (Å²) in [5.74, 6) is -3.42. The topological polar surface area (TPSA) is 88.5 Å². The first-order valence-electron chi connectivity index (χ1n) is 5.38. The van der Waals surface area contributed by atoms with Crippen molar-refractivity contribution in [3.8, 4) is 0 Å². The van der Waals surface area contributed by atoms with Crippen LogP contribution < -0.4 is 0 Å². The minimum Gasteiger partial charge on any atom is -0.481 e. The number of carboxylic acids is 1. The van der Waals surface area contributed by atoms with Gasteiger partial charge in [-0.2, -0.15) is 0 Å². The number of benzene rings is 1. The van der Waals surface area contributed by atoms with E-state index in [1.165, 1.54) is 0 Å². The van der Waals surface area contributed by atoms with Crippen LogP contribution in [0.5, 0.6) is 0 Å². The maximum Gasteiger partial charge on any atom is 0.307 e. The SMILES string of the molecule is CS(=O)(=O)CC(CC(=O)c1ccc(Br)cc1)C(=O)O. The molecule has 1 N–H and O–H groups in total. The van der Waals surface area contributed by atoms with Crippen molar-refractivity contribution in [1.29, 1.82) is 0 Å². The van der Waals surface area contributed by atoms with Gasteiger partial charge < -0.3 is 5.11 Å². The van der Waals surface area contributed by atoms with Crippen LogP contribution in [0.2, 0.25) is 0 Å². The molecule has 0 amide bonds. The summed E-state index contributed by atoms with van der Waals surface area (Å²) in [7, 11) is -3.44. The second-order valence-electron chi connectivity index (χ2n) is 4.26. The predicted molar refractivity (Wildman–Crippen MR) is 73.9 cm³/mol. The lowest BCUT2D eigenvalue weighted by Gasteiger charge is -2.10. The van der Waals surface area contributed by atoms with Gasteiger partial charge in [-0.1, -0.05) is 28.1 Å². The van der Waals surface area contributed by atoms with E-state index in [2.05, 4.69) is 15.9 Å². The standard InChI is InChI=1S/C12H13BrO5S/c1-19(17,18)7-9(12(15)16)6-11(14)8-2-4-10(13)5-3-8/h2-5,9H,6-7H2,1H3,(H,15,16). The number of rotatable bonds is 6. The molecule has 1 aromatic rings. The van der Waals surface area contributed by atoms with Crippen molar-refractivity contribution in [1.82, 2.24) is 0 Å². The van der Waals surface area contributed by atoms with E-state index in [-0.39, 0.29) is 12.2 Å². The lowest BCUT2D eigenvalue weighted by Crippen LogP contribution is -2.25. The molecule has 104 valence electrons. The van der Waals surface area contributed by atoms with Crippen LogP contribution in [0.15, 0.2) is 28.7 Å². The van der Waals surface area contributed by atoms with Crippen LogP contribution in [0.4, 0.5) is 0 Å². The molecule has 0 aliphatic heterocycles. The molecule has 0 aromatic heterocycles. The second kappa shape index (κ2) is 6.29. The Bertz CT molecular complexity index is 577. The van der Waals surface area contributed by atoms with E-state index < -0.39 is 27.5 Å². The summed E-state index contributed by atoms with van der Waals surface area (Å²) >= 11 is 3.22. The van der Waals surface area contributed by atoms with Gasteiger partial charge >= 0.3 is 5.97 Å². The van der Waals surface area contributed by atoms with Crippen molar-refractivity contribution < 1.29 is 23.1 Å². The van der Waals surface area contributed by atoms with Crippen molar-refractivity contribution in [3.63, 3.8) is 0 Å². The summed E-state index contributed by atoms with van der Waals surface area (Å²) in [4.78, 5) is 22.9. The number of halogens is 1. The fourth-order valence-corrected chi connectivity index (χ4v) is 2.82. The summed E-state index contributed by atoms with van der Waals surface area (Å²) < 4.78 is 23.1. The number of carbonyl (C=O) groups excluding carboxylic acids is 1. The highest BCUT2D eigenvalue weighted by atomic mass is 79.9. The summed E-state index contributed by atoms with van der Waals surface area (Å²) in [6.07, 6.45) is 0.622. The highest BCUT2D eigenvalue weighted by Crippen LogP contribution is 2.15. The van der Waals surface area contributed by atoms with Gasteiger partial charge in [0.15, 0.2) is 5.78 Å². The number of carbonyl (C=O) groups is 2. The molecule has 1 aromatic carbocycles.